The van der Waals surface area contributed by atoms with Crippen molar-refractivity contribution in [3.8, 4) is 0 Å². The van der Waals surface area contributed by atoms with Gasteiger partial charge in [-0.2, -0.15) is 0 Å². The molecular formula is C23H26N2O5. The summed E-state index contributed by atoms with van der Waals surface area (Å²) < 4.78 is 5.40. The van der Waals surface area contributed by atoms with Gasteiger partial charge in [0.05, 0.1) is 0 Å². The van der Waals surface area contributed by atoms with Crippen LogP contribution in [0.15, 0.2) is 36.4 Å². The lowest BCUT2D eigenvalue weighted by molar-refractivity contribution is -0.200. The Morgan fingerprint density at radius 1 is 1.03 bits per heavy atom. The molecular weight excluding hydrogens is 384 g/mol. The number of benzene rings is 2. The van der Waals surface area contributed by atoms with Crippen molar-refractivity contribution in [2.24, 2.45) is 0 Å². The van der Waals surface area contributed by atoms with Crippen LogP contribution >= 0.6 is 0 Å². The average molecular weight is 410 g/mol. The number of hydrogen-bond donors (Lipinski definition) is 1. The number of carbonyl (C=O) groups excluding carboxylic acids is 3. The van der Waals surface area contributed by atoms with E-state index in [0.717, 1.165) is 36.5 Å². The lowest BCUT2D eigenvalue weighted by atomic mass is 9.94. The fraction of sp³-hybridized carbons (Fsp3) is 0.435. The Morgan fingerprint density at radius 3 is 2.43 bits per heavy atom. The van der Waals surface area contributed by atoms with Crippen molar-refractivity contribution in [3.05, 3.63) is 47.5 Å². The van der Waals surface area contributed by atoms with Gasteiger partial charge in [0.2, 0.25) is 5.91 Å². The Labute approximate surface area is 175 Å². The average Bonchev–Trinajstić information content (AvgIpc) is 2.78. The first-order valence-electron chi connectivity index (χ1n) is 10.6. The minimum Gasteiger partial charge on any atom is -0.350 e. The van der Waals surface area contributed by atoms with Gasteiger partial charge in [-0.15, -0.1) is 0 Å². The van der Waals surface area contributed by atoms with Crippen LogP contribution in [0, 0.1) is 0 Å². The van der Waals surface area contributed by atoms with Crippen LogP contribution in [0.2, 0.25) is 0 Å². The first-order chi connectivity index (χ1) is 14.6. The molecule has 2 heterocycles. The predicted octanol–water partition coefficient (Wildman–Crippen LogP) is 3.57. The van der Waals surface area contributed by atoms with E-state index in [0.29, 0.717) is 43.5 Å². The first-order valence-corrected chi connectivity index (χ1v) is 10.6. The van der Waals surface area contributed by atoms with E-state index in [1.165, 1.54) is 4.90 Å². The molecule has 1 N–H and O–H groups in total. The lowest BCUT2D eigenvalue weighted by Gasteiger charge is -2.27. The number of rotatable bonds is 8. The molecule has 3 amide bonds. The minimum atomic E-state index is -0.355. The highest BCUT2D eigenvalue weighted by Gasteiger charge is 2.32. The van der Waals surface area contributed by atoms with Gasteiger partial charge in [0.15, 0.2) is 6.29 Å². The van der Waals surface area contributed by atoms with Gasteiger partial charge in [-0.05, 0) is 43.2 Å². The second-order valence-corrected chi connectivity index (χ2v) is 7.72. The summed E-state index contributed by atoms with van der Waals surface area (Å²) in [7, 11) is 0. The van der Waals surface area contributed by atoms with E-state index in [1.807, 2.05) is 24.3 Å². The summed E-state index contributed by atoms with van der Waals surface area (Å²) in [6, 6.07) is 11.0. The maximum absolute atomic E-state index is 12.8. The van der Waals surface area contributed by atoms with E-state index in [2.05, 4.69) is 5.48 Å². The second-order valence-electron chi connectivity index (χ2n) is 7.72. The SMILES string of the molecule is O=C(CCCCCN1C(=O)c2cccc3cccc(c23)C1=O)NO[C@H]1CCCCO1. The van der Waals surface area contributed by atoms with Gasteiger partial charge in [-0.3, -0.25) is 19.3 Å². The van der Waals surface area contributed by atoms with Crippen LogP contribution in [0.4, 0.5) is 0 Å². The quantitative estimate of drug-likeness (QED) is 0.409. The van der Waals surface area contributed by atoms with Gasteiger partial charge in [-0.25, -0.2) is 10.3 Å². The van der Waals surface area contributed by atoms with Crippen molar-refractivity contribution in [2.75, 3.05) is 13.2 Å². The molecule has 0 radical (unpaired) electrons. The summed E-state index contributed by atoms with van der Waals surface area (Å²) in [6.07, 6.45) is 4.86. The van der Waals surface area contributed by atoms with E-state index < -0.39 is 0 Å². The van der Waals surface area contributed by atoms with Gasteiger partial charge >= 0.3 is 0 Å². The van der Waals surface area contributed by atoms with Crippen LogP contribution in [-0.4, -0.2) is 42.1 Å². The van der Waals surface area contributed by atoms with Crippen LogP contribution in [-0.2, 0) is 14.4 Å². The molecule has 158 valence electrons. The third-order valence-corrected chi connectivity index (χ3v) is 5.58. The van der Waals surface area contributed by atoms with E-state index >= 15 is 0 Å². The van der Waals surface area contributed by atoms with E-state index in [4.69, 9.17) is 9.57 Å². The van der Waals surface area contributed by atoms with Crippen molar-refractivity contribution in [2.45, 2.75) is 51.2 Å². The molecule has 4 rings (SSSR count). The molecule has 0 spiro atoms. The number of ether oxygens (including phenoxy) is 1. The number of hydrogen-bond acceptors (Lipinski definition) is 5. The molecule has 0 aliphatic carbocycles. The van der Waals surface area contributed by atoms with Crippen molar-refractivity contribution in [1.29, 1.82) is 0 Å². The third-order valence-electron chi connectivity index (χ3n) is 5.58. The standard InChI is InChI=1S/C23H26N2O5/c26-19(24-30-20-13-3-5-15-29-20)12-2-1-4-14-25-22(27)17-10-6-8-16-9-7-11-18(21(16)17)23(25)28/h6-11,20H,1-5,12-15H2,(H,24,26)/t20-/m0/s1. The zero-order valence-electron chi connectivity index (χ0n) is 16.9. The van der Waals surface area contributed by atoms with Crippen molar-refractivity contribution >= 4 is 28.5 Å². The number of imide groups is 1. The summed E-state index contributed by atoms with van der Waals surface area (Å²) >= 11 is 0. The highest BCUT2D eigenvalue weighted by Crippen LogP contribution is 2.30. The summed E-state index contributed by atoms with van der Waals surface area (Å²) in [4.78, 5) is 44.1. The van der Waals surface area contributed by atoms with Crippen LogP contribution in [0.25, 0.3) is 10.8 Å². The molecule has 7 heteroatoms. The monoisotopic (exact) mass is 410 g/mol. The fourth-order valence-corrected chi connectivity index (χ4v) is 4.00. The molecule has 0 unspecified atom stereocenters. The van der Waals surface area contributed by atoms with Crippen molar-refractivity contribution in [1.82, 2.24) is 10.4 Å². The molecule has 0 aromatic heterocycles. The Morgan fingerprint density at radius 2 is 1.77 bits per heavy atom. The van der Waals surface area contributed by atoms with Crippen LogP contribution in [0.1, 0.15) is 65.7 Å². The van der Waals surface area contributed by atoms with Gasteiger partial charge in [0.25, 0.3) is 11.8 Å². The molecule has 2 aliphatic rings. The van der Waals surface area contributed by atoms with Crippen molar-refractivity contribution in [3.63, 3.8) is 0 Å². The molecule has 0 bridgehead atoms. The molecule has 1 fully saturated rings. The highest BCUT2D eigenvalue weighted by molar-refractivity contribution is 6.25. The Bertz CT molecular complexity index is 901. The number of unbranched alkanes of at least 4 members (excludes halogenated alkanes) is 2. The largest absolute Gasteiger partial charge is 0.350 e. The van der Waals surface area contributed by atoms with Crippen LogP contribution < -0.4 is 5.48 Å². The smallest absolute Gasteiger partial charge is 0.261 e. The Kier molecular flexibility index (Phi) is 6.40. The lowest BCUT2D eigenvalue weighted by Crippen LogP contribution is -2.40. The molecule has 1 atom stereocenters. The fourth-order valence-electron chi connectivity index (χ4n) is 4.00. The first kappa shape index (κ1) is 20.5. The molecule has 2 aromatic carbocycles. The van der Waals surface area contributed by atoms with Crippen LogP contribution in [0.5, 0.6) is 0 Å². The molecule has 1 saturated heterocycles. The van der Waals surface area contributed by atoms with Crippen LogP contribution in [0.3, 0.4) is 0 Å². The van der Waals surface area contributed by atoms with Gasteiger partial charge < -0.3 is 4.74 Å². The second kappa shape index (κ2) is 9.36. The Hall–Kier alpha value is -2.77. The topological polar surface area (TPSA) is 84.9 Å². The predicted molar refractivity (Wildman–Crippen MR) is 111 cm³/mol. The highest BCUT2D eigenvalue weighted by atomic mass is 16.8. The van der Waals surface area contributed by atoms with Gasteiger partial charge in [0.1, 0.15) is 0 Å². The van der Waals surface area contributed by atoms with Gasteiger partial charge in [-0.1, -0.05) is 30.7 Å². The van der Waals surface area contributed by atoms with Gasteiger partial charge in [0, 0.05) is 42.5 Å². The molecule has 7 nitrogen and oxygen atoms in total. The number of carbonyl (C=O) groups is 3. The zero-order chi connectivity index (χ0) is 20.9. The number of amides is 3. The maximum atomic E-state index is 12.8. The molecule has 2 aliphatic heterocycles. The number of nitrogens with zero attached hydrogens (tertiary/aromatic N) is 1. The van der Waals surface area contributed by atoms with E-state index in [1.54, 1.807) is 12.1 Å². The number of nitrogens with one attached hydrogen (secondary N) is 1. The molecule has 2 aromatic rings. The molecule has 30 heavy (non-hydrogen) atoms. The number of hydroxylamine groups is 1. The normalized spacial score (nSPS) is 18.7. The maximum Gasteiger partial charge on any atom is 0.261 e. The molecule has 0 saturated carbocycles. The van der Waals surface area contributed by atoms with Crippen molar-refractivity contribution < 1.29 is 24.0 Å². The summed E-state index contributed by atoms with van der Waals surface area (Å²) in [5, 5.41) is 1.64. The summed E-state index contributed by atoms with van der Waals surface area (Å²) in [5.74, 6) is -0.680. The van der Waals surface area contributed by atoms with E-state index in [9.17, 15) is 14.4 Å². The van der Waals surface area contributed by atoms with E-state index in [-0.39, 0.29) is 24.0 Å². The Balaban J connectivity index is 1.23. The summed E-state index contributed by atoms with van der Waals surface area (Å²) in [6.45, 7) is 1.00. The minimum absolute atomic E-state index is 0.185. The zero-order valence-corrected chi connectivity index (χ0v) is 16.9. The summed E-state index contributed by atoms with van der Waals surface area (Å²) in [5.41, 5.74) is 3.59. The third kappa shape index (κ3) is 4.37.